The number of fused-ring (bicyclic) bond motifs is 1. The molecule has 0 amide bonds. The molecule has 1 aliphatic carbocycles. The second kappa shape index (κ2) is 5.16. The molecular weight excluding hydrogens is 236 g/mol. The van der Waals surface area contributed by atoms with Crippen molar-refractivity contribution in [1.82, 2.24) is 9.55 Å². The highest BCUT2D eigenvalue weighted by Gasteiger charge is 2.28. The van der Waals surface area contributed by atoms with Crippen LogP contribution >= 0.6 is 0 Å². The van der Waals surface area contributed by atoms with Gasteiger partial charge in [-0.25, -0.2) is 4.98 Å². The van der Waals surface area contributed by atoms with Crippen molar-refractivity contribution in [2.45, 2.75) is 45.6 Å². The molecule has 100 valence electrons. The van der Waals surface area contributed by atoms with Crippen LogP contribution in [-0.4, -0.2) is 15.3 Å². The molecule has 0 radical (unpaired) electrons. The quantitative estimate of drug-likeness (QED) is 0.794. The largest absolute Gasteiger partial charge is 0.328 e. The van der Waals surface area contributed by atoms with Gasteiger partial charge in [0.05, 0.1) is 11.0 Å². The highest BCUT2D eigenvalue weighted by atomic mass is 16.1. The van der Waals surface area contributed by atoms with Gasteiger partial charge in [-0.15, -0.1) is 0 Å². The van der Waals surface area contributed by atoms with Crippen LogP contribution < -0.4 is 0 Å². The van der Waals surface area contributed by atoms with Crippen molar-refractivity contribution in [3.8, 4) is 0 Å². The van der Waals surface area contributed by atoms with E-state index >= 15 is 0 Å². The fraction of sp³-hybridized carbons (Fsp3) is 0.500. The number of Topliss-reactive ketones (excluding diaryl/α,β-unsaturated/α-hetero) is 1. The maximum Gasteiger partial charge on any atom is 0.135 e. The average molecular weight is 256 g/mol. The van der Waals surface area contributed by atoms with Gasteiger partial charge in [0.25, 0.3) is 0 Å². The van der Waals surface area contributed by atoms with E-state index in [1.165, 1.54) is 5.52 Å². The lowest BCUT2D eigenvalue weighted by Gasteiger charge is -2.05. The Morgan fingerprint density at radius 2 is 2.16 bits per heavy atom. The van der Waals surface area contributed by atoms with Crippen LogP contribution in [-0.2, 0) is 17.8 Å². The Kier molecular flexibility index (Phi) is 3.36. The van der Waals surface area contributed by atoms with E-state index in [1.54, 1.807) is 0 Å². The van der Waals surface area contributed by atoms with Gasteiger partial charge in [0, 0.05) is 25.3 Å². The van der Waals surface area contributed by atoms with Crippen molar-refractivity contribution in [3.05, 3.63) is 30.1 Å². The third-order valence-corrected chi connectivity index (χ3v) is 3.91. The second-order valence-electron chi connectivity index (χ2n) is 5.36. The molecule has 1 aliphatic rings. The number of hydrogen-bond donors (Lipinski definition) is 0. The molecule has 19 heavy (non-hydrogen) atoms. The SMILES string of the molecule is CCn1c(CCCC(=O)C2CC2)nc2ccccc21. The first kappa shape index (κ1) is 12.4. The minimum atomic E-state index is 0.394. The normalized spacial score (nSPS) is 15.0. The van der Waals surface area contributed by atoms with Crippen molar-refractivity contribution in [2.24, 2.45) is 5.92 Å². The minimum Gasteiger partial charge on any atom is -0.328 e. The highest BCUT2D eigenvalue weighted by Crippen LogP contribution is 2.31. The molecule has 0 saturated heterocycles. The van der Waals surface area contributed by atoms with Crippen molar-refractivity contribution >= 4 is 16.8 Å². The van der Waals surface area contributed by atoms with Gasteiger partial charge in [-0.1, -0.05) is 12.1 Å². The summed E-state index contributed by atoms with van der Waals surface area (Å²) in [5, 5.41) is 0. The topological polar surface area (TPSA) is 34.9 Å². The molecule has 0 atom stereocenters. The van der Waals surface area contributed by atoms with Crippen LogP contribution in [0, 0.1) is 5.92 Å². The number of hydrogen-bond acceptors (Lipinski definition) is 2. The molecular formula is C16H20N2O. The van der Waals surface area contributed by atoms with Crippen molar-refractivity contribution < 1.29 is 4.79 Å². The summed E-state index contributed by atoms with van der Waals surface area (Å²) in [6.07, 6.45) is 4.79. The maximum absolute atomic E-state index is 11.7. The molecule has 1 aromatic heterocycles. The van der Waals surface area contributed by atoms with E-state index < -0.39 is 0 Å². The zero-order valence-electron chi connectivity index (χ0n) is 11.4. The lowest BCUT2D eigenvalue weighted by Crippen LogP contribution is -2.05. The fourth-order valence-electron chi connectivity index (χ4n) is 2.70. The minimum absolute atomic E-state index is 0.394. The number of aromatic nitrogens is 2. The van der Waals surface area contributed by atoms with Crippen LogP contribution in [0.5, 0.6) is 0 Å². The number of imidazole rings is 1. The summed E-state index contributed by atoms with van der Waals surface area (Å²) in [4.78, 5) is 16.4. The van der Waals surface area contributed by atoms with E-state index in [0.717, 1.165) is 50.0 Å². The molecule has 1 heterocycles. The standard InChI is InChI=1S/C16H20N2O/c1-2-18-14-7-4-3-6-13(14)17-16(18)9-5-8-15(19)12-10-11-12/h3-4,6-7,12H,2,5,8-11H2,1H3. The Labute approximate surface area is 113 Å². The summed E-state index contributed by atoms with van der Waals surface area (Å²) < 4.78 is 2.26. The molecule has 0 spiro atoms. The molecule has 0 aliphatic heterocycles. The van der Waals surface area contributed by atoms with Gasteiger partial charge in [0.15, 0.2) is 0 Å². The Morgan fingerprint density at radius 3 is 2.89 bits per heavy atom. The summed E-state index contributed by atoms with van der Waals surface area (Å²) in [7, 11) is 0. The zero-order valence-corrected chi connectivity index (χ0v) is 11.4. The predicted octanol–water partition coefficient (Wildman–Crippen LogP) is 3.36. The predicted molar refractivity (Wildman–Crippen MR) is 76.1 cm³/mol. The van der Waals surface area contributed by atoms with E-state index in [0.29, 0.717) is 11.7 Å². The van der Waals surface area contributed by atoms with Crippen molar-refractivity contribution in [3.63, 3.8) is 0 Å². The number of rotatable bonds is 6. The molecule has 3 nitrogen and oxygen atoms in total. The number of nitrogens with zero attached hydrogens (tertiary/aromatic N) is 2. The Bertz CT molecular complexity index is 596. The van der Waals surface area contributed by atoms with E-state index in [9.17, 15) is 4.79 Å². The first-order chi connectivity index (χ1) is 9.29. The fourth-order valence-corrected chi connectivity index (χ4v) is 2.70. The molecule has 1 aromatic carbocycles. The summed E-state index contributed by atoms with van der Waals surface area (Å²) >= 11 is 0. The summed E-state index contributed by atoms with van der Waals surface area (Å²) in [5.74, 6) is 1.97. The summed E-state index contributed by atoms with van der Waals surface area (Å²) in [6, 6.07) is 8.25. The van der Waals surface area contributed by atoms with E-state index in [1.807, 2.05) is 6.07 Å². The monoisotopic (exact) mass is 256 g/mol. The number of aryl methyl sites for hydroxylation is 2. The molecule has 3 heteroatoms. The third-order valence-electron chi connectivity index (χ3n) is 3.91. The van der Waals surface area contributed by atoms with Crippen LogP contribution in [0.2, 0.25) is 0 Å². The summed E-state index contributed by atoms with van der Waals surface area (Å²) in [6.45, 7) is 3.08. The van der Waals surface area contributed by atoms with Gasteiger partial charge in [-0.2, -0.15) is 0 Å². The zero-order chi connectivity index (χ0) is 13.2. The summed E-state index contributed by atoms with van der Waals surface area (Å²) in [5.41, 5.74) is 2.27. The van der Waals surface area contributed by atoms with Crippen LogP contribution in [0.4, 0.5) is 0 Å². The molecule has 2 aromatic rings. The molecule has 0 unspecified atom stereocenters. The molecule has 1 fully saturated rings. The first-order valence-electron chi connectivity index (χ1n) is 7.26. The van der Waals surface area contributed by atoms with Gasteiger partial charge in [-0.05, 0) is 38.3 Å². The van der Waals surface area contributed by atoms with E-state index in [4.69, 9.17) is 4.98 Å². The van der Waals surface area contributed by atoms with Gasteiger partial charge >= 0.3 is 0 Å². The van der Waals surface area contributed by atoms with Crippen LogP contribution in [0.3, 0.4) is 0 Å². The number of ketones is 1. The maximum atomic E-state index is 11.7. The van der Waals surface area contributed by atoms with Gasteiger partial charge in [0.1, 0.15) is 11.6 Å². The van der Waals surface area contributed by atoms with Gasteiger partial charge in [0.2, 0.25) is 0 Å². The number of para-hydroxylation sites is 2. The molecule has 1 saturated carbocycles. The van der Waals surface area contributed by atoms with Crippen LogP contribution in [0.25, 0.3) is 11.0 Å². The Morgan fingerprint density at radius 1 is 1.37 bits per heavy atom. The Hall–Kier alpha value is -1.64. The second-order valence-corrected chi connectivity index (χ2v) is 5.36. The Balaban J connectivity index is 1.71. The number of carbonyl (C=O) groups is 1. The number of carbonyl (C=O) groups excluding carboxylic acids is 1. The lowest BCUT2D eigenvalue weighted by molar-refractivity contribution is -0.120. The number of benzene rings is 1. The molecule has 0 N–H and O–H groups in total. The van der Waals surface area contributed by atoms with Gasteiger partial charge < -0.3 is 4.57 Å². The van der Waals surface area contributed by atoms with E-state index in [2.05, 4.69) is 29.7 Å². The van der Waals surface area contributed by atoms with Gasteiger partial charge in [-0.3, -0.25) is 4.79 Å². The van der Waals surface area contributed by atoms with Crippen LogP contribution in [0.1, 0.15) is 38.4 Å². The third kappa shape index (κ3) is 2.55. The smallest absolute Gasteiger partial charge is 0.135 e. The van der Waals surface area contributed by atoms with E-state index in [-0.39, 0.29) is 0 Å². The van der Waals surface area contributed by atoms with Crippen molar-refractivity contribution in [2.75, 3.05) is 0 Å². The lowest BCUT2D eigenvalue weighted by atomic mass is 10.1. The average Bonchev–Trinajstić information content (AvgIpc) is 3.20. The molecule has 3 rings (SSSR count). The molecule has 0 bridgehead atoms. The highest BCUT2D eigenvalue weighted by molar-refractivity contribution is 5.83. The van der Waals surface area contributed by atoms with Crippen molar-refractivity contribution in [1.29, 1.82) is 0 Å². The van der Waals surface area contributed by atoms with Crippen LogP contribution in [0.15, 0.2) is 24.3 Å². The first-order valence-corrected chi connectivity index (χ1v) is 7.26.